The topological polar surface area (TPSA) is 29.5 Å². The molecular formula is C9H13ClO2S. The van der Waals surface area contributed by atoms with Crippen LogP contribution in [-0.4, -0.2) is 30.3 Å². The Morgan fingerprint density at radius 2 is 2.46 bits per heavy atom. The first-order chi connectivity index (χ1) is 6.33. The number of aliphatic hydroxyl groups is 1. The standard InChI is InChI=1S/C9H13ClO2S/c10-6-8(11)7-12-4-3-9-2-1-5-13-9/h1-2,5,8,11H,3-4,6-7H2. The lowest BCUT2D eigenvalue weighted by Crippen LogP contribution is -2.17. The van der Waals surface area contributed by atoms with E-state index in [4.69, 9.17) is 21.4 Å². The average molecular weight is 221 g/mol. The van der Waals surface area contributed by atoms with E-state index in [0.717, 1.165) is 6.42 Å². The monoisotopic (exact) mass is 220 g/mol. The number of thiophene rings is 1. The summed E-state index contributed by atoms with van der Waals surface area (Å²) in [5.41, 5.74) is 0. The highest BCUT2D eigenvalue weighted by atomic mass is 35.5. The molecular weight excluding hydrogens is 208 g/mol. The highest BCUT2D eigenvalue weighted by Gasteiger charge is 2.01. The van der Waals surface area contributed by atoms with E-state index in [0.29, 0.717) is 13.2 Å². The molecule has 0 aliphatic heterocycles. The lowest BCUT2D eigenvalue weighted by Gasteiger charge is -2.06. The molecule has 1 aromatic rings. The first-order valence-corrected chi connectivity index (χ1v) is 5.58. The fraction of sp³-hybridized carbons (Fsp3) is 0.556. The maximum Gasteiger partial charge on any atom is 0.0908 e. The SMILES string of the molecule is OC(CCl)COCCc1cccs1. The summed E-state index contributed by atoms with van der Waals surface area (Å²) in [6.07, 6.45) is 0.372. The van der Waals surface area contributed by atoms with Crippen LogP contribution in [0.1, 0.15) is 4.88 Å². The number of hydrogen-bond acceptors (Lipinski definition) is 3. The van der Waals surface area contributed by atoms with Gasteiger partial charge >= 0.3 is 0 Å². The summed E-state index contributed by atoms with van der Waals surface area (Å²) in [5, 5.41) is 11.1. The molecule has 0 radical (unpaired) electrons. The van der Waals surface area contributed by atoms with Gasteiger partial charge in [-0.2, -0.15) is 0 Å². The van der Waals surface area contributed by atoms with Crippen LogP contribution in [0, 0.1) is 0 Å². The molecule has 0 bridgehead atoms. The predicted octanol–water partition coefficient (Wildman–Crippen LogP) is 1.91. The van der Waals surface area contributed by atoms with Gasteiger partial charge in [-0.1, -0.05) is 6.07 Å². The molecule has 1 unspecified atom stereocenters. The smallest absolute Gasteiger partial charge is 0.0908 e. The van der Waals surface area contributed by atoms with Gasteiger partial charge in [0, 0.05) is 11.3 Å². The molecule has 4 heteroatoms. The van der Waals surface area contributed by atoms with Gasteiger partial charge in [0.25, 0.3) is 0 Å². The second kappa shape index (κ2) is 6.38. The van der Waals surface area contributed by atoms with Crippen molar-refractivity contribution >= 4 is 22.9 Å². The van der Waals surface area contributed by atoms with Crippen LogP contribution in [0.3, 0.4) is 0 Å². The Hall–Kier alpha value is -0.0900. The summed E-state index contributed by atoms with van der Waals surface area (Å²) >= 11 is 7.12. The molecule has 0 aliphatic rings. The van der Waals surface area contributed by atoms with E-state index in [1.807, 2.05) is 11.4 Å². The number of rotatable bonds is 6. The van der Waals surface area contributed by atoms with Crippen LogP contribution in [0.2, 0.25) is 0 Å². The highest BCUT2D eigenvalue weighted by Crippen LogP contribution is 2.08. The van der Waals surface area contributed by atoms with Crippen molar-refractivity contribution in [2.45, 2.75) is 12.5 Å². The quantitative estimate of drug-likeness (QED) is 0.586. The molecule has 0 spiro atoms. The van der Waals surface area contributed by atoms with Crippen LogP contribution >= 0.6 is 22.9 Å². The second-order valence-corrected chi connectivity index (χ2v) is 4.05. The zero-order chi connectivity index (χ0) is 9.52. The van der Waals surface area contributed by atoms with Crippen molar-refractivity contribution in [1.82, 2.24) is 0 Å². The first-order valence-electron chi connectivity index (χ1n) is 4.17. The number of aliphatic hydroxyl groups excluding tert-OH is 1. The Balaban J connectivity index is 2.02. The van der Waals surface area contributed by atoms with Crippen LogP contribution < -0.4 is 0 Å². The normalized spacial score (nSPS) is 13.1. The van der Waals surface area contributed by atoms with Crippen LogP contribution in [-0.2, 0) is 11.2 Å². The third kappa shape index (κ3) is 4.62. The van der Waals surface area contributed by atoms with Crippen LogP contribution in [0.4, 0.5) is 0 Å². The van der Waals surface area contributed by atoms with Gasteiger partial charge in [0.1, 0.15) is 0 Å². The maximum atomic E-state index is 9.06. The third-order valence-corrected chi connectivity index (χ3v) is 2.85. The van der Waals surface area contributed by atoms with Gasteiger partial charge in [0.05, 0.1) is 25.2 Å². The van der Waals surface area contributed by atoms with E-state index in [-0.39, 0.29) is 5.88 Å². The Morgan fingerprint density at radius 3 is 3.08 bits per heavy atom. The summed E-state index contributed by atoms with van der Waals surface area (Å²) in [5.74, 6) is 0.235. The average Bonchev–Trinajstić information content (AvgIpc) is 2.64. The van der Waals surface area contributed by atoms with E-state index < -0.39 is 6.10 Å². The van der Waals surface area contributed by atoms with Gasteiger partial charge in [-0.25, -0.2) is 0 Å². The zero-order valence-electron chi connectivity index (χ0n) is 7.28. The molecule has 1 atom stereocenters. The van der Waals surface area contributed by atoms with E-state index >= 15 is 0 Å². The number of alkyl halides is 1. The second-order valence-electron chi connectivity index (χ2n) is 2.71. The molecule has 0 saturated heterocycles. The van der Waals surface area contributed by atoms with Gasteiger partial charge in [-0.05, 0) is 11.4 Å². The highest BCUT2D eigenvalue weighted by molar-refractivity contribution is 7.09. The first kappa shape index (κ1) is 11.0. The summed E-state index contributed by atoms with van der Waals surface area (Å²) < 4.78 is 5.23. The van der Waals surface area contributed by atoms with E-state index in [1.165, 1.54) is 4.88 Å². The van der Waals surface area contributed by atoms with Crippen molar-refractivity contribution in [3.63, 3.8) is 0 Å². The van der Waals surface area contributed by atoms with Gasteiger partial charge in [0.2, 0.25) is 0 Å². The fourth-order valence-corrected chi connectivity index (χ4v) is 1.67. The van der Waals surface area contributed by atoms with Crippen molar-refractivity contribution in [2.24, 2.45) is 0 Å². The summed E-state index contributed by atoms with van der Waals surface area (Å²) in [4.78, 5) is 1.31. The molecule has 0 fully saturated rings. The van der Waals surface area contributed by atoms with Crippen LogP contribution in [0.15, 0.2) is 17.5 Å². The molecule has 0 aromatic carbocycles. The Morgan fingerprint density at radius 1 is 1.62 bits per heavy atom. The summed E-state index contributed by atoms with van der Waals surface area (Å²) in [6.45, 7) is 0.976. The van der Waals surface area contributed by atoms with Gasteiger partial charge in [-0.15, -0.1) is 22.9 Å². The van der Waals surface area contributed by atoms with Crippen molar-refractivity contribution in [3.8, 4) is 0 Å². The number of ether oxygens (including phenoxy) is 1. The minimum absolute atomic E-state index is 0.235. The number of hydrogen-bond donors (Lipinski definition) is 1. The minimum atomic E-state index is -0.537. The molecule has 2 nitrogen and oxygen atoms in total. The molecule has 1 rings (SSSR count). The van der Waals surface area contributed by atoms with Gasteiger partial charge in [0.15, 0.2) is 0 Å². The third-order valence-electron chi connectivity index (χ3n) is 1.56. The minimum Gasteiger partial charge on any atom is -0.389 e. The van der Waals surface area contributed by atoms with Crippen molar-refractivity contribution in [1.29, 1.82) is 0 Å². The van der Waals surface area contributed by atoms with Gasteiger partial charge in [-0.3, -0.25) is 0 Å². The Kier molecular flexibility index (Phi) is 5.39. The Labute approximate surface area is 87.1 Å². The molecule has 0 aliphatic carbocycles. The molecule has 0 amide bonds. The fourth-order valence-electron chi connectivity index (χ4n) is 0.892. The van der Waals surface area contributed by atoms with Crippen LogP contribution in [0.25, 0.3) is 0 Å². The zero-order valence-corrected chi connectivity index (χ0v) is 8.85. The maximum absolute atomic E-state index is 9.06. The molecule has 74 valence electrons. The Bertz CT molecular complexity index is 213. The van der Waals surface area contributed by atoms with E-state index in [9.17, 15) is 0 Å². The molecule has 1 N–H and O–H groups in total. The summed E-state index contributed by atoms with van der Waals surface area (Å²) in [7, 11) is 0. The van der Waals surface area contributed by atoms with Gasteiger partial charge < -0.3 is 9.84 Å². The van der Waals surface area contributed by atoms with Crippen LogP contribution in [0.5, 0.6) is 0 Å². The van der Waals surface area contributed by atoms with Crippen molar-refractivity contribution in [2.75, 3.05) is 19.1 Å². The van der Waals surface area contributed by atoms with E-state index in [2.05, 4.69) is 6.07 Å². The lowest BCUT2D eigenvalue weighted by atomic mass is 10.3. The number of halogens is 1. The lowest BCUT2D eigenvalue weighted by molar-refractivity contribution is 0.0496. The largest absolute Gasteiger partial charge is 0.389 e. The molecule has 13 heavy (non-hydrogen) atoms. The summed E-state index contributed by atoms with van der Waals surface area (Å²) in [6, 6.07) is 4.10. The predicted molar refractivity (Wildman–Crippen MR) is 55.6 cm³/mol. The van der Waals surface area contributed by atoms with Crippen molar-refractivity contribution in [3.05, 3.63) is 22.4 Å². The molecule has 1 aromatic heterocycles. The molecule has 1 heterocycles. The van der Waals surface area contributed by atoms with Crippen molar-refractivity contribution < 1.29 is 9.84 Å². The van der Waals surface area contributed by atoms with E-state index in [1.54, 1.807) is 11.3 Å². The molecule has 0 saturated carbocycles.